The summed E-state index contributed by atoms with van der Waals surface area (Å²) < 4.78 is 0. The van der Waals surface area contributed by atoms with E-state index in [1.54, 1.807) is 18.7 Å². The fourth-order valence-electron chi connectivity index (χ4n) is 1.33. The molecule has 1 heterocycles. The Morgan fingerprint density at radius 1 is 1.41 bits per heavy atom. The highest BCUT2D eigenvalue weighted by molar-refractivity contribution is 7.80. The van der Waals surface area contributed by atoms with Gasteiger partial charge in [0.05, 0.1) is 24.4 Å². The van der Waals surface area contributed by atoms with Gasteiger partial charge < -0.3 is 10.7 Å². The zero-order valence-corrected chi connectivity index (χ0v) is 9.74. The van der Waals surface area contributed by atoms with Crippen molar-refractivity contribution in [2.45, 2.75) is 0 Å². The number of nitrogens with two attached hydrogens (primary N) is 1. The van der Waals surface area contributed by atoms with Crippen LogP contribution < -0.4 is 11.2 Å². The number of nitrogens with one attached hydrogen (secondary N) is 2. The maximum atomic E-state index is 5.24. The first-order valence-electron chi connectivity index (χ1n) is 4.93. The van der Waals surface area contributed by atoms with Crippen LogP contribution in [0.25, 0.3) is 11.3 Å². The summed E-state index contributed by atoms with van der Waals surface area (Å²) in [7, 11) is 0. The second-order valence-corrected chi connectivity index (χ2v) is 3.76. The van der Waals surface area contributed by atoms with Crippen LogP contribution in [0.5, 0.6) is 0 Å². The van der Waals surface area contributed by atoms with E-state index in [-0.39, 0.29) is 5.11 Å². The monoisotopic (exact) mass is 245 g/mol. The minimum absolute atomic E-state index is 0.148. The summed E-state index contributed by atoms with van der Waals surface area (Å²) in [5.74, 6) is 0. The van der Waals surface area contributed by atoms with Crippen molar-refractivity contribution < 1.29 is 0 Å². The Hall–Kier alpha value is -2.21. The number of rotatable bonds is 3. The molecular weight excluding hydrogens is 234 g/mol. The lowest BCUT2D eigenvalue weighted by Gasteiger charge is -1.98. The number of nitrogens with zero attached hydrogens (tertiary/aromatic N) is 2. The molecule has 0 saturated carbocycles. The Morgan fingerprint density at radius 3 is 2.76 bits per heavy atom. The predicted molar refractivity (Wildman–Crippen MR) is 71.5 cm³/mol. The topological polar surface area (TPSA) is 79.1 Å². The third kappa shape index (κ3) is 3.12. The lowest BCUT2D eigenvalue weighted by atomic mass is 10.1. The van der Waals surface area contributed by atoms with Gasteiger partial charge in [0.2, 0.25) is 0 Å². The molecule has 0 bridgehead atoms. The molecule has 17 heavy (non-hydrogen) atoms. The zero-order valence-electron chi connectivity index (χ0n) is 8.92. The molecule has 0 unspecified atom stereocenters. The molecule has 0 spiro atoms. The molecule has 2 aromatic rings. The van der Waals surface area contributed by atoms with Gasteiger partial charge in [0.15, 0.2) is 5.11 Å². The number of H-pyrrole nitrogens is 1. The molecule has 1 aromatic carbocycles. The van der Waals surface area contributed by atoms with Crippen LogP contribution in [0.4, 0.5) is 0 Å². The number of aromatic nitrogens is 2. The van der Waals surface area contributed by atoms with E-state index in [1.807, 2.05) is 24.3 Å². The summed E-state index contributed by atoms with van der Waals surface area (Å²) in [4.78, 5) is 7.01. The number of hydrogen-bond acceptors (Lipinski definition) is 3. The van der Waals surface area contributed by atoms with E-state index in [9.17, 15) is 0 Å². The van der Waals surface area contributed by atoms with Gasteiger partial charge in [0.1, 0.15) is 0 Å². The van der Waals surface area contributed by atoms with Crippen molar-refractivity contribution >= 4 is 23.5 Å². The zero-order chi connectivity index (χ0) is 12.1. The number of hydrazone groups is 1. The third-order valence-corrected chi connectivity index (χ3v) is 2.20. The Kier molecular flexibility index (Phi) is 3.46. The normalized spacial score (nSPS) is 10.6. The summed E-state index contributed by atoms with van der Waals surface area (Å²) in [5, 5.41) is 4.02. The fraction of sp³-hybridized carbons (Fsp3) is 0. The van der Waals surface area contributed by atoms with E-state index in [0.29, 0.717) is 0 Å². The molecule has 0 radical (unpaired) electrons. The number of aromatic amines is 1. The first-order valence-corrected chi connectivity index (χ1v) is 5.34. The Morgan fingerprint density at radius 2 is 2.18 bits per heavy atom. The molecule has 0 fully saturated rings. The highest BCUT2D eigenvalue weighted by Gasteiger charge is 1.97. The number of hydrogen-bond donors (Lipinski definition) is 3. The Bertz CT molecular complexity index is 515. The van der Waals surface area contributed by atoms with Crippen LogP contribution in [0.2, 0.25) is 0 Å². The number of thiocarbonyl (C=S) groups is 1. The lowest BCUT2D eigenvalue weighted by molar-refractivity contribution is 1.04. The predicted octanol–water partition coefficient (Wildman–Crippen LogP) is 1.24. The van der Waals surface area contributed by atoms with Gasteiger partial charge in [-0.2, -0.15) is 5.10 Å². The maximum absolute atomic E-state index is 5.24. The summed E-state index contributed by atoms with van der Waals surface area (Å²) in [6.07, 6.45) is 5.07. The van der Waals surface area contributed by atoms with Gasteiger partial charge in [-0.3, -0.25) is 5.43 Å². The van der Waals surface area contributed by atoms with Crippen molar-refractivity contribution in [1.29, 1.82) is 0 Å². The van der Waals surface area contributed by atoms with Crippen LogP contribution in [0.1, 0.15) is 5.56 Å². The van der Waals surface area contributed by atoms with Gasteiger partial charge in [-0.05, 0) is 23.3 Å². The molecule has 86 valence electrons. The molecule has 0 aliphatic heterocycles. The van der Waals surface area contributed by atoms with Gasteiger partial charge >= 0.3 is 0 Å². The van der Waals surface area contributed by atoms with E-state index < -0.39 is 0 Å². The maximum Gasteiger partial charge on any atom is 0.184 e. The van der Waals surface area contributed by atoms with Crippen LogP contribution in [-0.2, 0) is 0 Å². The van der Waals surface area contributed by atoms with E-state index in [0.717, 1.165) is 16.8 Å². The number of benzene rings is 1. The summed E-state index contributed by atoms with van der Waals surface area (Å²) in [6.45, 7) is 0. The molecule has 4 N–H and O–H groups in total. The summed E-state index contributed by atoms with van der Waals surface area (Å²) >= 11 is 4.63. The Labute approximate surface area is 104 Å². The first-order chi connectivity index (χ1) is 8.25. The molecule has 1 aromatic heterocycles. The van der Waals surface area contributed by atoms with Crippen LogP contribution in [0, 0.1) is 0 Å². The lowest BCUT2D eigenvalue weighted by Crippen LogP contribution is -2.23. The largest absolute Gasteiger partial charge is 0.375 e. The van der Waals surface area contributed by atoms with Crippen molar-refractivity contribution in [1.82, 2.24) is 15.4 Å². The summed E-state index contributed by atoms with van der Waals surface area (Å²) in [5.41, 5.74) is 10.7. The van der Waals surface area contributed by atoms with Gasteiger partial charge in [0, 0.05) is 0 Å². The minimum Gasteiger partial charge on any atom is -0.375 e. The highest BCUT2D eigenvalue weighted by atomic mass is 32.1. The van der Waals surface area contributed by atoms with E-state index >= 15 is 0 Å². The van der Waals surface area contributed by atoms with Gasteiger partial charge in [0.25, 0.3) is 0 Å². The standard InChI is InChI=1S/C11H11N5S/c12-11(17)16-15-5-8-1-3-9(4-2-8)10-6-13-7-14-10/h1-7H,(H,13,14)(H3,12,16,17). The number of imidazole rings is 1. The SMILES string of the molecule is NC(=S)NN=Cc1ccc(-c2cnc[nH]2)cc1. The second-order valence-electron chi connectivity index (χ2n) is 3.32. The molecule has 5 nitrogen and oxygen atoms in total. The average molecular weight is 245 g/mol. The van der Waals surface area contributed by atoms with Gasteiger partial charge in [-0.1, -0.05) is 24.3 Å². The van der Waals surface area contributed by atoms with Crippen LogP contribution in [0.15, 0.2) is 41.9 Å². The van der Waals surface area contributed by atoms with E-state index in [4.69, 9.17) is 5.73 Å². The molecule has 0 amide bonds. The minimum atomic E-state index is 0.148. The van der Waals surface area contributed by atoms with Gasteiger partial charge in [-0.25, -0.2) is 4.98 Å². The molecule has 0 aliphatic carbocycles. The van der Waals surface area contributed by atoms with Crippen molar-refractivity contribution in [3.63, 3.8) is 0 Å². The average Bonchev–Trinajstić information content (AvgIpc) is 2.83. The molecular formula is C11H11N5S. The second kappa shape index (κ2) is 5.22. The van der Waals surface area contributed by atoms with E-state index in [1.165, 1.54) is 0 Å². The van der Waals surface area contributed by atoms with Gasteiger partial charge in [-0.15, -0.1) is 0 Å². The van der Waals surface area contributed by atoms with Crippen LogP contribution >= 0.6 is 12.2 Å². The quantitative estimate of drug-likeness (QED) is 0.432. The van der Waals surface area contributed by atoms with Crippen molar-refractivity contribution in [2.24, 2.45) is 10.8 Å². The molecule has 2 rings (SSSR count). The molecule has 0 atom stereocenters. The third-order valence-electron chi connectivity index (χ3n) is 2.11. The molecule has 6 heteroatoms. The molecule has 0 aliphatic rings. The Balaban J connectivity index is 2.08. The summed E-state index contributed by atoms with van der Waals surface area (Å²) in [6, 6.07) is 7.85. The van der Waals surface area contributed by atoms with Crippen molar-refractivity contribution in [3.05, 3.63) is 42.4 Å². The van der Waals surface area contributed by atoms with Crippen molar-refractivity contribution in [3.8, 4) is 11.3 Å². The molecule has 0 saturated heterocycles. The van der Waals surface area contributed by atoms with Crippen molar-refractivity contribution in [2.75, 3.05) is 0 Å². The van der Waals surface area contributed by atoms with Crippen LogP contribution in [0.3, 0.4) is 0 Å². The smallest absolute Gasteiger partial charge is 0.184 e. The highest BCUT2D eigenvalue weighted by Crippen LogP contribution is 2.15. The van der Waals surface area contributed by atoms with Crippen LogP contribution in [-0.4, -0.2) is 21.3 Å². The first kappa shape index (κ1) is 11.3. The van der Waals surface area contributed by atoms with E-state index in [2.05, 4.69) is 32.7 Å². The fourth-order valence-corrected chi connectivity index (χ4v) is 1.39.